The average Bonchev–Trinajstić information content (AvgIpc) is 3.69. The summed E-state index contributed by atoms with van der Waals surface area (Å²) in [6, 6.07) is 40.6. The van der Waals surface area contributed by atoms with Crippen LogP contribution in [0.3, 0.4) is 0 Å². The molecule has 0 amide bonds. The standard InChI is InChI=1S/C48H46S2Si/c1-47(2)38-22-11-13-26-42(38)49-45-36(21-15-24-40(45)47)37-31-34(29-30-35(37)32-17-9-10-18-32)51(5,33-19-7-6-8-20-33)44-28-16-25-41-46(44)50-43-27-14-12-23-39(43)48(41,3)4/h6-8,11-16,19-32H,9-10,17-18H2,1-5H3/i1D3,2D3,3D3,4D3,32D. The zero-order valence-electron chi connectivity index (χ0n) is 41.3. The summed E-state index contributed by atoms with van der Waals surface area (Å²) in [6.45, 7) is -9.69. The minimum absolute atomic E-state index is 0.191. The van der Waals surface area contributed by atoms with Crippen LogP contribution in [0.4, 0.5) is 0 Å². The summed E-state index contributed by atoms with van der Waals surface area (Å²) in [4.78, 5) is 2.21. The van der Waals surface area contributed by atoms with Crippen LogP contribution >= 0.6 is 23.5 Å². The molecule has 1 fully saturated rings. The molecule has 0 saturated heterocycles. The molecule has 2 aliphatic heterocycles. The Morgan fingerprint density at radius 1 is 0.569 bits per heavy atom. The molecule has 1 aliphatic carbocycles. The molecule has 1 saturated carbocycles. The highest BCUT2D eigenvalue weighted by atomic mass is 32.2. The van der Waals surface area contributed by atoms with Crippen molar-refractivity contribution < 1.29 is 17.8 Å². The van der Waals surface area contributed by atoms with Crippen molar-refractivity contribution >= 4 is 47.2 Å². The van der Waals surface area contributed by atoms with Gasteiger partial charge in [-0.3, -0.25) is 0 Å². The molecule has 0 N–H and O–H groups in total. The zero-order valence-corrected chi connectivity index (χ0v) is 31.0. The summed E-state index contributed by atoms with van der Waals surface area (Å²) >= 11 is 2.75. The van der Waals surface area contributed by atoms with Gasteiger partial charge in [-0.2, -0.15) is 0 Å². The van der Waals surface area contributed by atoms with E-state index >= 15 is 0 Å². The quantitative estimate of drug-likeness (QED) is 0.128. The number of fused-ring (bicyclic) bond motifs is 4. The lowest BCUT2D eigenvalue weighted by molar-refractivity contribution is 0.608. The van der Waals surface area contributed by atoms with Crippen molar-refractivity contribution in [1.82, 2.24) is 0 Å². The normalized spacial score (nSPS) is 23.6. The second kappa shape index (κ2) is 12.4. The van der Waals surface area contributed by atoms with E-state index in [1.54, 1.807) is 72.8 Å². The van der Waals surface area contributed by atoms with Crippen LogP contribution in [0, 0.1) is 0 Å². The molecule has 2 heterocycles. The van der Waals surface area contributed by atoms with Gasteiger partial charge >= 0.3 is 0 Å². The van der Waals surface area contributed by atoms with E-state index in [2.05, 4.69) is 30.8 Å². The molecule has 0 nitrogen and oxygen atoms in total. The monoisotopic (exact) mass is 727 g/mol. The molecule has 1 unspecified atom stereocenters. The van der Waals surface area contributed by atoms with E-state index in [0.717, 1.165) is 34.0 Å². The Hall–Kier alpha value is -3.76. The minimum atomic E-state index is -3.33. The van der Waals surface area contributed by atoms with Crippen LogP contribution < -0.4 is 15.6 Å². The lowest BCUT2D eigenvalue weighted by Gasteiger charge is -2.39. The van der Waals surface area contributed by atoms with Crippen molar-refractivity contribution in [3.8, 4) is 11.1 Å². The summed E-state index contributed by atoms with van der Waals surface area (Å²) < 4.78 is 118. The molecule has 3 heteroatoms. The van der Waals surface area contributed by atoms with Gasteiger partial charge in [0.05, 0.1) is 0 Å². The van der Waals surface area contributed by atoms with Gasteiger partial charge in [0.25, 0.3) is 0 Å². The first-order valence-corrected chi connectivity index (χ1v) is 21.7. The van der Waals surface area contributed by atoms with Gasteiger partial charge in [0, 0.05) is 48.2 Å². The summed E-state index contributed by atoms with van der Waals surface area (Å²) in [5, 5.41) is 2.71. The maximum Gasteiger partial charge on any atom is 0.146 e. The van der Waals surface area contributed by atoms with E-state index in [0.29, 0.717) is 43.6 Å². The van der Waals surface area contributed by atoms with Crippen molar-refractivity contribution in [1.29, 1.82) is 0 Å². The number of benzene rings is 6. The predicted octanol–water partition coefficient (Wildman–Crippen LogP) is 11.7. The minimum Gasteiger partial charge on any atom is -0.0895 e. The molecule has 6 aromatic carbocycles. The fraction of sp³-hybridized carbons (Fsp3) is 0.250. The van der Waals surface area contributed by atoms with Crippen molar-refractivity contribution in [3.05, 3.63) is 161 Å². The third-order valence-corrected chi connectivity index (χ3v) is 18.3. The third-order valence-electron chi connectivity index (χ3n) is 11.2. The Bertz CT molecular complexity index is 2760. The topological polar surface area (TPSA) is 0 Å². The molecule has 254 valence electrons. The van der Waals surface area contributed by atoms with Crippen molar-refractivity contribution in [3.63, 3.8) is 0 Å². The van der Waals surface area contributed by atoms with Crippen molar-refractivity contribution in [2.45, 2.75) is 95.9 Å². The molecule has 0 bridgehead atoms. The van der Waals surface area contributed by atoms with Crippen LogP contribution in [0.2, 0.25) is 6.55 Å². The first-order chi connectivity index (χ1) is 30.0. The predicted molar refractivity (Wildman–Crippen MR) is 222 cm³/mol. The van der Waals surface area contributed by atoms with Gasteiger partial charge in [-0.1, -0.05) is 192 Å². The molecule has 51 heavy (non-hydrogen) atoms. The first-order valence-electron chi connectivity index (χ1n) is 24.1. The van der Waals surface area contributed by atoms with Gasteiger partial charge in [-0.15, -0.1) is 0 Å². The van der Waals surface area contributed by atoms with Gasteiger partial charge in [-0.05, 0) is 85.4 Å². The van der Waals surface area contributed by atoms with Gasteiger partial charge in [-0.25, -0.2) is 0 Å². The molecule has 0 aromatic heterocycles. The maximum atomic E-state index is 9.97. The Balaban J connectivity index is 1.37. The Morgan fingerprint density at radius 3 is 1.80 bits per heavy atom. The second-order valence-electron chi connectivity index (χ2n) is 14.1. The van der Waals surface area contributed by atoms with Crippen LogP contribution in [-0.2, 0) is 10.8 Å². The average molecular weight is 728 g/mol. The molecular weight excluding hydrogens is 669 g/mol. The summed E-state index contributed by atoms with van der Waals surface area (Å²) in [5.41, 5.74) is -1.67. The SMILES string of the molecule is [2H]C1(c2ccc([Si](C)(c3ccccc3)c3cccc4c3Sc3ccccc3C4(C([2H])([2H])[2H])C([2H])([2H])[2H])cc2-c2cccc3c2Sc2ccccc2C3(C([2H])([2H])[2H])C([2H])([2H])[2H])CCCC1. The fourth-order valence-corrected chi connectivity index (χ4v) is 15.4. The van der Waals surface area contributed by atoms with Crippen LogP contribution in [0.25, 0.3) is 11.1 Å². The van der Waals surface area contributed by atoms with E-state index in [1.165, 1.54) is 23.5 Å². The number of hydrogen-bond donors (Lipinski definition) is 0. The lowest BCUT2D eigenvalue weighted by Crippen LogP contribution is -2.65. The second-order valence-corrected chi connectivity index (χ2v) is 20.2. The van der Waals surface area contributed by atoms with E-state index in [9.17, 15) is 1.37 Å². The molecule has 9 rings (SSSR count). The lowest BCUT2D eigenvalue weighted by atomic mass is 9.76. The molecule has 6 aromatic rings. The smallest absolute Gasteiger partial charge is 0.0895 e. The summed E-state index contributed by atoms with van der Waals surface area (Å²) in [5.74, 6) is -0.978. The maximum absolute atomic E-state index is 9.97. The van der Waals surface area contributed by atoms with Crippen molar-refractivity contribution in [2.24, 2.45) is 0 Å². The first kappa shape index (κ1) is 21.7. The highest BCUT2D eigenvalue weighted by Crippen LogP contribution is 2.53. The number of rotatable bonds is 5. The van der Waals surface area contributed by atoms with Crippen LogP contribution in [0.5, 0.6) is 0 Å². The van der Waals surface area contributed by atoms with Gasteiger partial charge in [0.1, 0.15) is 8.07 Å². The third kappa shape index (κ3) is 5.17. The van der Waals surface area contributed by atoms with E-state index in [-0.39, 0.29) is 22.3 Å². The Morgan fingerprint density at radius 2 is 1.14 bits per heavy atom. The van der Waals surface area contributed by atoms with Crippen molar-refractivity contribution in [2.75, 3.05) is 0 Å². The van der Waals surface area contributed by atoms with Crippen LogP contribution in [0.15, 0.2) is 153 Å². The number of hydrogen-bond acceptors (Lipinski definition) is 2. The van der Waals surface area contributed by atoms with Gasteiger partial charge in [0.15, 0.2) is 0 Å². The zero-order chi connectivity index (χ0) is 45.9. The van der Waals surface area contributed by atoms with E-state index in [4.69, 9.17) is 16.4 Å². The van der Waals surface area contributed by atoms with Crippen LogP contribution in [-0.4, -0.2) is 8.07 Å². The molecule has 3 aliphatic rings. The fourth-order valence-electron chi connectivity index (χ4n) is 8.44. The highest BCUT2D eigenvalue weighted by molar-refractivity contribution is 8.00. The summed E-state index contributed by atoms with van der Waals surface area (Å²) in [6.07, 6.45) is 2.95. The van der Waals surface area contributed by atoms with E-state index in [1.807, 2.05) is 36.4 Å². The largest absolute Gasteiger partial charge is 0.146 e. The van der Waals surface area contributed by atoms with Gasteiger partial charge < -0.3 is 0 Å². The molecule has 1 atom stereocenters. The Kier molecular flexibility index (Phi) is 5.29. The summed E-state index contributed by atoms with van der Waals surface area (Å²) in [7, 11) is -3.33. The Labute approximate surface area is 332 Å². The van der Waals surface area contributed by atoms with E-state index < -0.39 is 52.2 Å². The van der Waals surface area contributed by atoms with Gasteiger partial charge in [0.2, 0.25) is 0 Å². The van der Waals surface area contributed by atoms with Crippen LogP contribution in [0.1, 0.15) is 105 Å². The molecule has 0 radical (unpaired) electrons. The highest BCUT2D eigenvalue weighted by Gasteiger charge is 2.42. The molecule has 0 spiro atoms. The molecular formula is C48H46S2Si.